The molecule has 1 saturated heterocycles. The summed E-state index contributed by atoms with van der Waals surface area (Å²) in [5.41, 5.74) is 2.31. The van der Waals surface area contributed by atoms with E-state index in [1.54, 1.807) is 0 Å². The number of para-hydroxylation sites is 2. The predicted octanol–water partition coefficient (Wildman–Crippen LogP) is 1.55. The molecule has 0 spiro atoms. The minimum Gasteiger partial charge on any atom is -0.396 e. The standard InChI is InChI=1S/C17H26N4O/c1-3-21-16-7-5-4-6-15(16)18-17(21)13-20-10-9-19(2)14(12-20)8-11-22/h4-7,14,22H,3,8-13H2,1-2H3. The van der Waals surface area contributed by atoms with Gasteiger partial charge in [-0.25, -0.2) is 4.98 Å². The first kappa shape index (κ1) is 15.5. The van der Waals surface area contributed by atoms with Crippen molar-refractivity contribution in [3.8, 4) is 0 Å². The molecule has 1 unspecified atom stereocenters. The summed E-state index contributed by atoms with van der Waals surface area (Å²) in [5, 5.41) is 9.23. The lowest BCUT2D eigenvalue weighted by Gasteiger charge is -2.39. The molecule has 0 amide bonds. The second kappa shape index (κ2) is 6.77. The molecule has 5 heteroatoms. The average molecular weight is 302 g/mol. The highest BCUT2D eigenvalue weighted by Gasteiger charge is 2.25. The van der Waals surface area contributed by atoms with E-state index in [2.05, 4.69) is 46.5 Å². The lowest BCUT2D eigenvalue weighted by molar-refractivity contribution is 0.0723. The number of imidazole rings is 1. The van der Waals surface area contributed by atoms with Gasteiger partial charge in [-0.2, -0.15) is 0 Å². The third-order valence-electron chi connectivity index (χ3n) is 4.74. The number of aliphatic hydroxyl groups excluding tert-OH is 1. The van der Waals surface area contributed by atoms with Crippen LogP contribution in [0.15, 0.2) is 24.3 Å². The number of aryl methyl sites for hydroxylation is 1. The SMILES string of the molecule is CCn1c(CN2CCN(C)C(CCO)C2)nc2ccccc21. The number of fused-ring (bicyclic) bond motifs is 1. The van der Waals surface area contributed by atoms with E-state index >= 15 is 0 Å². The molecule has 1 aromatic carbocycles. The molecule has 0 saturated carbocycles. The molecule has 1 fully saturated rings. The van der Waals surface area contributed by atoms with Crippen molar-refractivity contribution in [2.24, 2.45) is 0 Å². The van der Waals surface area contributed by atoms with Gasteiger partial charge in [0.1, 0.15) is 5.82 Å². The first-order chi connectivity index (χ1) is 10.7. The molecule has 0 bridgehead atoms. The molecule has 1 aliphatic heterocycles. The van der Waals surface area contributed by atoms with E-state index in [1.165, 1.54) is 5.52 Å². The number of nitrogens with zero attached hydrogens (tertiary/aromatic N) is 4. The van der Waals surface area contributed by atoms with Crippen molar-refractivity contribution < 1.29 is 5.11 Å². The summed E-state index contributed by atoms with van der Waals surface area (Å²) in [7, 11) is 2.15. The van der Waals surface area contributed by atoms with Gasteiger partial charge < -0.3 is 14.6 Å². The fourth-order valence-corrected chi connectivity index (χ4v) is 3.41. The number of rotatable bonds is 5. The van der Waals surface area contributed by atoms with Crippen molar-refractivity contribution >= 4 is 11.0 Å². The lowest BCUT2D eigenvalue weighted by atomic mass is 10.1. The van der Waals surface area contributed by atoms with Gasteiger partial charge in [0.05, 0.1) is 17.6 Å². The normalized spacial score (nSPS) is 20.8. The van der Waals surface area contributed by atoms with Gasteiger partial charge >= 0.3 is 0 Å². The molecule has 0 radical (unpaired) electrons. The summed E-state index contributed by atoms with van der Waals surface area (Å²) in [5.74, 6) is 1.15. The number of aromatic nitrogens is 2. The summed E-state index contributed by atoms with van der Waals surface area (Å²) in [6.07, 6.45) is 0.844. The highest BCUT2D eigenvalue weighted by atomic mass is 16.3. The number of benzene rings is 1. The van der Waals surface area contributed by atoms with Crippen LogP contribution in [0.5, 0.6) is 0 Å². The zero-order chi connectivity index (χ0) is 15.5. The lowest BCUT2D eigenvalue weighted by Crippen LogP contribution is -2.51. The van der Waals surface area contributed by atoms with E-state index < -0.39 is 0 Å². The van der Waals surface area contributed by atoms with Gasteiger partial charge in [0.15, 0.2) is 0 Å². The van der Waals surface area contributed by atoms with Crippen LogP contribution in [0.1, 0.15) is 19.2 Å². The number of hydrogen-bond donors (Lipinski definition) is 1. The molecule has 5 nitrogen and oxygen atoms in total. The van der Waals surface area contributed by atoms with E-state index in [0.29, 0.717) is 6.04 Å². The van der Waals surface area contributed by atoms with E-state index in [4.69, 9.17) is 4.98 Å². The van der Waals surface area contributed by atoms with E-state index in [1.807, 2.05) is 6.07 Å². The predicted molar refractivity (Wildman–Crippen MR) is 88.8 cm³/mol. The van der Waals surface area contributed by atoms with Gasteiger partial charge in [-0.05, 0) is 32.5 Å². The summed E-state index contributed by atoms with van der Waals surface area (Å²) in [4.78, 5) is 9.65. The molecule has 1 N–H and O–H groups in total. The van der Waals surface area contributed by atoms with Crippen LogP contribution in [0, 0.1) is 0 Å². The molecule has 0 aliphatic carbocycles. The van der Waals surface area contributed by atoms with E-state index in [0.717, 1.165) is 50.5 Å². The van der Waals surface area contributed by atoms with Gasteiger partial charge in [-0.15, -0.1) is 0 Å². The van der Waals surface area contributed by atoms with Crippen LogP contribution >= 0.6 is 0 Å². The molecular formula is C17H26N4O. The zero-order valence-corrected chi connectivity index (χ0v) is 13.6. The smallest absolute Gasteiger partial charge is 0.124 e. The Morgan fingerprint density at radius 1 is 1.27 bits per heavy atom. The highest BCUT2D eigenvalue weighted by molar-refractivity contribution is 5.75. The number of piperazine rings is 1. The van der Waals surface area contributed by atoms with Gasteiger partial charge in [-0.3, -0.25) is 4.90 Å². The Kier molecular flexibility index (Phi) is 4.76. The van der Waals surface area contributed by atoms with Crippen molar-refractivity contribution in [3.63, 3.8) is 0 Å². The minimum absolute atomic E-state index is 0.260. The monoisotopic (exact) mass is 302 g/mol. The zero-order valence-electron chi connectivity index (χ0n) is 13.6. The van der Waals surface area contributed by atoms with Gasteiger partial charge in [0.25, 0.3) is 0 Å². The van der Waals surface area contributed by atoms with Crippen molar-refractivity contribution in [2.75, 3.05) is 33.3 Å². The number of aliphatic hydroxyl groups is 1. The van der Waals surface area contributed by atoms with Crippen LogP contribution < -0.4 is 0 Å². The van der Waals surface area contributed by atoms with Crippen LogP contribution in [0.4, 0.5) is 0 Å². The quantitative estimate of drug-likeness (QED) is 0.910. The van der Waals surface area contributed by atoms with Gasteiger partial charge in [-0.1, -0.05) is 12.1 Å². The first-order valence-corrected chi connectivity index (χ1v) is 8.20. The maximum Gasteiger partial charge on any atom is 0.124 e. The Morgan fingerprint density at radius 2 is 2.09 bits per heavy atom. The fourth-order valence-electron chi connectivity index (χ4n) is 3.41. The van der Waals surface area contributed by atoms with Crippen LogP contribution in [0.3, 0.4) is 0 Å². The van der Waals surface area contributed by atoms with Crippen LogP contribution in [-0.2, 0) is 13.1 Å². The average Bonchev–Trinajstić information content (AvgIpc) is 2.88. The third kappa shape index (κ3) is 3.02. The Balaban J connectivity index is 1.78. The van der Waals surface area contributed by atoms with E-state index in [9.17, 15) is 5.11 Å². The molecule has 2 aromatic rings. The Hall–Kier alpha value is -1.43. The third-order valence-corrected chi connectivity index (χ3v) is 4.74. The second-order valence-corrected chi connectivity index (χ2v) is 6.14. The molecule has 120 valence electrons. The Bertz CT molecular complexity index is 624. The van der Waals surface area contributed by atoms with Crippen LogP contribution in [-0.4, -0.2) is 63.8 Å². The van der Waals surface area contributed by atoms with Crippen LogP contribution in [0.25, 0.3) is 11.0 Å². The van der Waals surface area contributed by atoms with Crippen molar-refractivity contribution in [3.05, 3.63) is 30.1 Å². The molecular weight excluding hydrogens is 276 g/mol. The molecule has 1 atom stereocenters. The summed E-state index contributed by atoms with van der Waals surface area (Å²) in [6.45, 7) is 7.39. The molecule has 1 aliphatic rings. The largest absolute Gasteiger partial charge is 0.396 e. The number of likely N-dealkylation sites (N-methyl/N-ethyl adjacent to an activating group) is 1. The van der Waals surface area contributed by atoms with Gasteiger partial charge in [0, 0.05) is 38.8 Å². The summed E-state index contributed by atoms with van der Waals surface area (Å²) < 4.78 is 2.31. The number of hydrogen-bond acceptors (Lipinski definition) is 4. The topological polar surface area (TPSA) is 44.5 Å². The maximum atomic E-state index is 9.23. The second-order valence-electron chi connectivity index (χ2n) is 6.14. The fraction of sp³-hybridized carbons (Fsp3) is 0.588. The minimum atomic E-state index is 0.260. The summed E-state index contributed by atoms with van der Waals surface area (Å²) in [6, 6.07) is 8.80. The Labute approximate surface area is 132 Å². The van der Waals surface area contributed by atoms with Crippen LogP contribution in [0.2, 0.25) is 0 Å². The van der Waals surface area contributed by atoms with E-state index in [-0.39, 0.29) is 6.61 Å². The highest BCUT2D eigenvalue weighted by Crippen LogP contribution is 2.19. The molecule has 2 heterocycles. The molecule has 1 aromatic heterocycles. The molecule has 22 heavy (non-hydrogen) atoms. The maximum absolute atomic E-state index is 9.23. The summed E-state index contributed by atoms with van der Waals surface area (Å²) >= 11 is 0. The molecule has 3 rings (SSSR count). The van der Waals surface area contributed by atoms with Crippen molar-refractivity contribution in [1.29, 1.82) is 0 Å². The van der Waals surface area contributed by atoms with Gasteiger partial charge in [0.2, 0.25) is 0 Å². The Morgan fingerprint density at radius 3 is 2.86 bits per heavy atom. The first-order valence-electron chi connectivity index (χ1n) is 8.20. The van der Waals surface area contributed by atoms with Crippen molar-refractivity contribution in [2.45, 2.75) is 32.5 Å². The van der Waals surface area contributed by atoms with Crippen molar-refractivity contribution in [1.82, 2.24) is 19.4 Å².